The number of hydrogen-bond donors (Lipinski definition) is 2. The Labute approximate surface area is 195 Å². The Morgan fingerprint density at radius 2 is 2.03 bits per heavy atom. The van der Waals surface area contributed by atoms with Crippen LogP contribution in [0.15, 0.2) is 57.9 Å². The fraction of sp³-hybridized carbons (Fsp3) is 0.286. The lowest BCUT2D eigenvalue weighted by molar-refractivity contribution is -0.152. The maximum atomic E-state index is 13.7. The third kappa shape index (κ3) is 4.47. The summed E-state index contributed by atoms with van der Waals surface area (Å²) in [6.07, 6.45) is 0.171. The Bertz CT molecular complexity index is 1040. The van der Waals surface area contributed by atoms with Crippen LogP contribution in [0.5, 0.6) is 0 Å². The molecule has 0 bridgehead atoms. The van der Waals surface area contributed by atoms with Crippen LogP contribution in [0.4, 0.5) is 4.39 Å². The minimum absolute atomic E-state index is 0.0164. The molecule has 2 amide bonds. The molecule has 1 unspecified atom stereocenters. The molecule has 2 aliphatic heterocycles. The highest BCUT2D eigenvalue weighted by atomic mass is 79.9. The molecule has 31 heavy (non-hydrogen) atoms. The quantitative estimate of drug-likeness (QED) is 0.564. The number of halogens is 2. The summed E-state index contributed by atoms with van der Waals surface area (Å²) < 4.78 is 13.0. The second-order valence-corrected chi connectivity index (χ2v) is 10.7. The van der Waals surface area contributed by atoms with Gasteiger partial charge in [-0.2, -0.15) is 0 Å². The van der Waals surface area contributed by atoms with Gasteiger partial charge in [0.2, 0.25) is 11.8 Å². The highest BCUT2D eigenvalue weighted by Crippen LogP contribution is 2.47. The van der Waals surface area contributed by atoms with E-state index < -0.39 is 22.6 Å². The van der Waals surface area contributed by atoms with E-state index in [4.69, 9.17) is 0 Å². The molecule has 0 spiro atoms. The van der Waals surface area contributed by atoms with Crippen LogP contribution in [0.25, 0.3) is 0 Å². The predicted octanol–water partition coefficient (Wildman–Crippen LogP) is 3.15. The number of carbonyl (C=O) groups excluding carboxylic acids is 2. The van der Waals surface area contributed by atoms with Crippen LogP contribution in [0.3, 0.4) is 0 Å². The SMILES string of the molecule is O=C(Cc1ccccc1)N[C@@H]1C(=O)N2CC(Sc3cc(F)ccc3Br)(C(=O)O)CS[C@H]12. The van der Waals surface area contributed by atoms with Crippen LogP contribution >= 0.6 is 39.5 Å². The van der Waals surface area contributed by atoms with Gasteiger partial charge in [-0.15, -0.1) is 23.5 Å². The zero-order valence-electron chi connectivity index (χ0n) is 16.1. The minimum atomic E-state index is -1.31. The van der Waals surface area contributed by atoms with E-state index in [-0.39, 0.29) is 35.9 Å². The molecular formula is C21H18BrFN2O4S2. The number of amides is 2. The van der Waals surface area contributed by atoms with Crippen molar-refractivity contribution >= 4 is 57.2 Å². The minimum Gasteiger partial charge on any atom is -0.480 e. The molecule has 0 aliphatic carbocycles. The zero-order chi connectivity index (χ0) is 22.2. The van der Waals surface area contributed by atoms with E-state index in [0.717, 1.165) is 17.3 Å². The van der Waals surface area contributed by atoms with Gasteiger partial charge in [0.25, 0.3) is 0 Å². The Morgan fingerprint density at radius 3 is 2.74 bits per heavy atom. The lowest BCUT2D eigenvalue weighted by Crippen LogP contribution is -2.74. The molecule has 2 heterocycles. The van der Waals surface area contributed by atoms with Gasteiger partial charge in [0, 0.05) is 21.7 Å². The van der Waals surface area contributed by atoms with Gasteiger partial charge < -0.3 is 15.3 Å². The van der Waals surface area contributed by atoms with Gasteiger partial charge in [-0.25, -0.2) is 4.39 Å². The normalized spacial score (nSPS) is 24.8. The predicted molar refractivity (Wildman–Crippen MR) is 120 cm³/mol. The maximum absolute atomic E-state index is 13.7. The number of aliphatic carboxylic acids is 1. The topological polar surface area (TPSA) is 86.7 Å². The number of carboxylic acids is 1. The first-order chi connectivity index (χ1) is 14.8. The van der Waals surface area contributed by atoms with Crippen molar-refractivity contribution in [1.82, 2.24) is 10.2 Å². The first kappa shape index (κ1) is 22.2. The molecule has 10 heteroatoms. The van der Waals surface area contributed by atoms with E-state index in [9.17, 15) is 23.9 Å². The number of carboxylic acid groups (broad SMARTS) is 1. The van der Waals surface area contributed by atoms with Gasteiger partial charge in [-0.1, -0.05) is 30.3 Å². The summed E-state index contributed by atoms with van der Waals surface area (Å²) in [5.41, 5.74) is 0.849. The lowest BCUT2D eigenvalue weighted by Gasteiger charge is -2.53. The Morgan fingerprint density at radius 1 is 1.29 bits per heavy atom. The molecule has 2 aliphatic rings. The third-order valence-electron chi connectivity index (χ3n) is 5.17. The highest BCUT2D eigenvalue weighted by Gasteiger charge is 2.58. The lowest BCUT2D eigenvalue weighted by atomic mass is 10.0. The van der Waals surface area contributed by atoms with Crippen molar-refractivity contribution in [3.05, 3.63) is 64.4 Å². The fourth-order valence-electron chi connectivity index (χ4n) is 3.56. The van der Waals surface area contributed by atoms with Gasteiger partial charge >= 0.3 is 5.97 Å². The van der Waals surface area contributed by atoms with Gasteiger partial charge in [-0.05, 0) is 39.7 Å². The molecule has 0 radical (unpaired) electrons. The average Bonchev–Trinajstić information content (AvgIpc) is 2.75. The van der Waals surface area contributed by atoms with Crippen LogP contribution in [0.1, 0.15) is 5.56 Å². The molecule has 162 valence electrons. The summed E-state index contributed by atoms with van der Waals surface area (Å²) in [5, 5.41) is 12.4. The van der Waals surface area contributed by atoms with Crippen LogP contribution in [0, 0.1) is 5.82 Å². The van der Waals surface area contributed by atoms with Crippen LogP contribution < -0.4 is 5.32 Å². The van der Waals surface area contributed by atoms with Gasteiger partial charge in [-0.3, -0.25) is 14.4 Å². The van der Waals surface area contributed by atoms with Crippen molar-refractivity contribution in [3.63, 3.8) is 0 Å². The van der Waals surface area contributed by atoms with Crippen LogP contribution in [-0.2, 0) is 20.8 Å². The molecular weight excluding hydrogens is 507 g/mol. The highest BCUT2D eigenvalue weighted by molar-refractivity contribution is 9.10. The monoisotopic (exact) mass is 524 g/mol. The number of benzene rings is 2. The summed E-state index contributed by atoms with van der Waals surface area (Å²) in [4.78, 5) is 39.2. The number of thioether (sulfide) groups is 2. The van der Waals surface area contributed by atoms with Crippen molar-refractivity contribution < 1.29 is 23.9 Å². The number of β-lactam (4-membered cyclic amide) rings is 1. The molecule has 2 saturated heterocycles. The third-order valence-corrected chi connectivity index (χ3v) is 9.23. The van der Waals surface area contributed by atoms with Crippen LogP contribution in [0.2, 0.25) is 0 Å². The molecule has 0 saturated carbocycles. The number of hydrogen-bond acceptors (Lipinski definition) is 5. The van der Waals surface area contributed by atoms with Gasteiger partial charge in [0.05, 0.1) is 6.42 Å². The second-order valence-electron chi connectivity index (χ2n) is 7.35. The summed E-state index contributed by atoms with van der Waals surface area (Å²) in [6.45, 7) is -0.0164. The average molecular weight is 525 g/mol. The van der Waals surface area contributed by atoms with Gasteiger partial charge in [0.15, 0.2) is 0 Å². The molecule has 2 N–H and O–H groups in total. The maximum Gasteiger partial charge on any atom is 0.322 e. The number of fused-ring (bicyclic) bond motifs is 1. The standard InChI is InChI=1S/C21H18BrFN2O4S2/c22-14-7-6-13(23)9-15(14)31-21(20(28)29)10-25-18(27)17(19(25)30-11-21)24-16(26)8-12-4-2-1-3-5-12/h1-7,9,17,19H,8,10-11H2,(H,24,26)(H,28,29)/t17-,19-,21?/m1/s1. The fourth-order valence-corrected chi connectivity index (χ4v) is 6.93. The molecule has 3 atom stereocenters. The molecule has 0 aromatic heterocycles. The molecule has 6 nitrogen and oxygen atoms in total. The Kier molecular flexibility index (Phi) is 6.32. The van der Waals surface area contributed by atoms with Crippen molar-refractivity contribution in [1.29, 1.82) is 0 Å². The summed E-state index contributed by atoms with van der Waals surface area (Å²) in [6, 6.07) is 12.7. The van der Waals surface area contributed by atoms with E-state index in [1.807, 2.05) is 30.3 Å². The first-order valence-corrected chi connectivity index (χ1v) is 12.1. The van der Waals surface area contributed by atoms with E-state index in [0.29, 0.717) is 9.37 Å². The Balaban J connectivity index is 1.44. The van der Waals surface area contributed by atoms with Crippen molar-refractivity contribution in [2.45, 2.75) is 27.5 Å². The van der Waals surface area contributed by atoms with Crippen molar-refractivity contribution in [2.75, 3.05) is 12.3 Å². The number of nitrogens with one attached hydrogen (secondary N) is 1. The van der Waals surface area contributed by atoms with E-state index in [2.05, 4.69) is 21.2 Å². The smallest absolute Gasteiger partial charge is 0.322 e. The molecule has 2 fully saturated rings. The van der Waals surface area contributed by atoms with Crippen molar-refractivity contribution in [3.8, 4) is 0 Å². The van der Waals surface area contributed by atoms with E-state index >= 15 is 0 Å². The summed E-state index contributed by atoms with van der Waals surface area (Å²) in [5.74, 6) is -1.87. The summed E-state index contributed by atoms with van der Waals surface area (Å²) >= 11 is 5.68. The summed E-state index contributed by atoms with van der Waals surface area (Å²) in [7, 11) is 0. The molecule has 2 aromatic carbocycles. The second kappa shape index (κ2) is 8.84. The van der Waals surface area contributed by atoms with Gasteiger partial charge in [0.1, 0.15) is 22.0 Å². The van der Waals surface area contributed by atoms with E-state index in [1.165, 1.54) is 34.9 Å². The van der Waals surface area contributed by atoms with Crippen molar-refractivity contribution in [2.24, 2.45) is 0 Å². The number of nitrogens with zero attached hydrogens (tertiary/aromatic N) is 1. The molecule has 2 aromatic rings. The Hall–Kier alpha value is -2.04. The largest absolute Gasteiger partial charge is 0.480 e. The zero-order valence-corrected chi connectivity index (χ0v) is 19.3. The van der Waals surface area contributed by atoms with E-state index in [1.54, 1.807) is 0 Å². The molecule has 4 rings (SSSR count). The first-order valence-electron chi connectivity index (χ1n) is 9.42. The number of carbonyl (C=O) groups is 3. The number of rotatable bonds is 6. The van der Waals surface area contributed by atoms with Crippen LogP contribution in [-0.4, -0.2) is 56.3 Å².